The van der Waals surface area contributed by atoms with E-state index < -0.39 is 0 Å². The number of rotatable bonds is 4. The topological polar surface area (TPSA) is 38.0 Å². The Bertz CT molecular complexity index is 181. The molecule has 2 rings (SSSR count). The van der Waals surface area contributed by atoms with Crippen LogP contribution in [0.5, 0.6) is 0 Å². The van der Waals surface area contributed by atoms with E-state index in [-0.39, 0.29) is 0 Å². The fraction of sp³-hybridized carbons (Fsp3) is 1.00. The van der Waals surface area contributed by atoms with E-state index in [1.54, 1.807) is 0 Å². The lowest BCUT2D eigenvalue weighted by Gasteiger charge is -2.33. The molecule has 16 heavy (non-hydrogen) atoms. The standard InChI is InChI=1S/C14H28N2/c15-16-14(13-9-5-2-6-10-13)11-12-7-3-1-4-8-12/h12-14,16H,1-11,15H2. The van der Waals surface area contributed by atoms with Crippen molar-refractivity contribution in [2.45, 2.75) is 76.7 Å². The van der Waals surface area contributed by atoms with Gasteiger partial charge >= 0.3 is 0 Å². The molecule has 0 aromatic carbocycles. The van der Waals surface area contributed by atoms with Gasteiger partial charge in [-0.25, -0.2) is 0 Å². The Kier molecular flexibility index (Phi) is 5.11. The van der Waals surface area contributed by atoms with Crippen molar-refractivity contribution in [3.8, 4) is 0 Å². The quantitative estimate of drug-likeness (QED) is 0.567. The van der Waals surface area contributed by atoms with Crippen LogP contribution in [0.1, 0.15) is 70.6 Å². The predicted octanol–water partition coefficient (Wildman–Crippen LogP) is 3.37. The van der Waals surface area contributed by atoms with E-state index in [1.807, 2.05) is 0 Å². The highest BCUT2D eigenvalue weighted by molar-refractivity contribution is 4.81. The van der Waals surface area contributed by atoms with Crippen molar-refractivity contribution in [1.29, 1.82) is 0 Å². The predicted molar refractivity (Wildman–Crippen MR) is 68.9 cm³/mol. The summed E-state index contributed by atoms with van der Waals surface area (Å²) in [5.74, 6) is 7.59. The Morgan fingerprint density at radius 2 is 1.44 bits per heavy atom. The molecule has 94 valence electrons. The first-order chi connectivity index (χ1) is 7.90. The molecule has 2 saturated carbocycles. The van der Waals surface area contributed by atoms with Gasteiger partial charge in [-0.2, -0.15) is 0 Å². The molecule has 2 heteroatoms. The Morgan fingerprint density at radius 3 is 2.00 bits per heavy atom. The molecule has 1 atom stereocenters. The van der Waals surface area contributed by atoms with Crippen LogP contribution in [0.4, 0.5) is 0 Å². The summed E-state index contributed by atoms with van der Waals surface area (Å²) in [6, 6.07) is 0.600. The third kappa shape index (κ3) is 3.46. The van der Waals surface area contributed by atoms with Gasteiger partial charge in [0.2, 0.25) is 0 Å². The zero-order valence-electron chi connectivity index (χ0n) is 10.6. The second-order valence-corrected chi connectivity index (χ2v) is 5.91. The molecule has 0 spiro atoms. The zero-order valence-corrected chi connectivity index (χ0v) is 10.6. The van der Waals surface area contributed by atoms with Crippen molar-refractivity contribution < 1.29 is 0 Å². The van der Waals surface area contributed by atoms with Crippen LogP contribution in [0.15, 0.2) is 0 Å². The molecule has 0 saturated heterocycles. The minimum Gasteiger partial charge on any atom is -0.271 e. The summed E-state index contributed by atoms with van der Waals surface area (Å²) >= 11 is 0. The summed E-state index contributed by atoms with van der Waals surface area (Å²) < 4.78 is 0. The lowest BCUT2D eigenvalue weighted by atomic mass is 9.77. The van der Waals surface area contributed by atoms with Gasteiger partial charge in [-0.15, -0.1) is 0 Å². The van der Waals surface area contributed by atoms with Gasteiger partial charge in [0.15, 0.2) is 0 Å². The van der Waals surface area contributed by atoms with Gasteiger partial charge in [0.1, 0.15) is 0 Å². The molecule has 2 fully saturated rings. The van der Waals surface area contributed by atoms with Gasteiger partial charge in [0.25, 0.3) is 0 Å². The molecule has 2 nitrogen and oxygen atoms in total. The van der Waals surface area contributed by atoms with Crippen molar-refractivity contribution in [3.63, 3.8) is 0 Å². The molecule has 0 aliphatic heterocycles. The summed E-state index contributed by atoms with van der Waals surface area (Å²) in [6.45, 7) is 0. The second-order valence-electron chi connectivity index (χ2n) is 5.91. The van der Waals surface area contributed by atoms with Crippen molar-refractivity contribution in [2.24, 2.45) is 17.7 Å². The van der Waals surface area contributed by atoms with E-state index in [1.165, 1.54) is 70.6 Å². The molecular weight excluding hydrogens is 196 g/mol. The maximum Gasteiger partial charge on any atom is 0.0241 e. The van der Waals surface area contributed by atoms with Gasteiger partial charge in [-0.05, 0) is 31.1 Å². The maximum atomic E-state index is 5.77. The summed E-state index contributed by atoms with van der Waals surface area (Å²) in [6.07, 6.45) is 15.7. The third-order valence-corrected chi connectivity index (χ3v) is 4.74. The Balaban J connectivity index is 1.78. The molecule has 0 heterocycles. The molecule has 0 aromatic rings. The average Bonchev–Trinajstić information content (AvgIpc) is 2.38. The van der Waals surface area contributed by atoms with Gasteiger partial charge in [0, 0.05) is 6.04 Å². The molecular formula is C14H28N2. The van der Waals surface area contributed by atoms with Gasteiger partial charge in [-0.3, -0.25) is 11.3 Å². The molecule has 0 radical (unpaired) electrons. The minimum absolute atomic E-state index is 0.600. The Hall–Kier alpha value is -0.0800. The van der Waals surface area contributed by atoms with Crippen LogP contribution in [0, 0.1) is 11.8 Å². The van der Waals surface area contributed by atoms with Crippen LogP contribution in [-0.2, 0) is 0 Å². The normalized spacial score (nSPS) is 26.8. The molecule has 3 N–H and O–H groups in total. The number of hydrazine groups is 1. The first-order valence-corrected chi connectivity index (χ1v) is 7.36. The number of nitrogens with one attached hydrogen (secondary N) is 1. The van der Waals surface area contributed by atoms with Crippen molar-refractivity contribution in [1.82, 2.24) is 5.43 Å². The summed E-state index contributed by atoms with van der Waals surface area (Å²) in [7, 11) is 0. The van der Waals surface area contributed by atoms with Gasteiger partial charge in [-0.1, -0.05) is 51.4 Å². The maximum absolute atomic E-state index is 5.77. The fourth-order valence-electron chi connectivity index (χ4n) is 3.72. The van der Waals surface area contributed by atoms with Crippen LogP contribution >= 0.6 is 0 Å². The highest BCUT2D eigenvalue weighted by Crippen LogP contribution is 2.33. The van der Waals surface area contributed by atoms with E-state index in [0.717, 1.165) is 11.8 Å². The van der Waals surface area contributed by atoms with E-state index >= 15 is 0 Å². The average molecular weight is 224 g/mol. The third-order valence-electron chi connectivity index (χ3n) is 4.74. The van der Waals surface area contributed by atoms with Crippen LogP contribution in [-0.4, -0.2) is 6.04 Å². The monoisotopic (exact) mass is 224 g/mol. The SMILES string of the molecule is NNC(CC1CCCCC1)C1CCCCC1. The van der Waals surface area contributed by atoms with Crippen molar-refractivity contribution in [2.75, 3.05) is 0 Å². The van der Waals surface area contributed by atoms with E-state index in [0.29, 0.717) is 6.04 Å². The Morgan fingerprint density at radius 1 is 0.875 bits per heavy atom. The summed E-state index contributed by atoms with van der Waals surface area (Å²) in [5.41, 5.74) is 3.12. The first kappa shape index (κ1) is 12.4. The van der Waals surface area contributed by atoms with E-state index in [2.05, 4.69) is 5.43 Å². The molecule has 2 aliphatic carbocycles. The second kappa shape index (κ2) is 6.61. The van der Waals surface area contributed by atoms with Crippen LogP contribution in [0.25, 0.3) is 0 Å². The van der Waals surface area contributed by atoms with Crippen LogP contribution in [0.2, 0.25) is 0 Å². The van der Waals surface area contributed by atoms with E-state index in [9.17, 15) is 0 Å². The number of nitrogens with two attached hydrogens (primary N) is 1. The lowest BCUT2D eigenvalue weighted by Crippen LogP contribution is -2.43. The highest BCUT2D eigenvalue weighted by atomic mass is 15.2. The summed E-state index contributed by atoms with van der Waals surface area (Å²) in [5, 5.41) is 0. The largest absolute Gasteiger partial charge is 0.271 e. The smallest absolute Gasteiger partial charge is 0.0241 e. The van der Waals surface area contributed by atoms with Gasteiger partial charge < -0.3 is 0 Å². The van der Waals surface area contributed by atoms with Crippen molar-refractivity contribution in [3.05, 3.63) is 0 Å². The van der Waals surface area contributed by atoms with E-state index in [4.69, 9.17) is 5.84 Å². The highest BCUT2D eigenvalue weighted by Gasteiger charge is 2.26. The molecule has 1 unspecified atom stereocenters. The number of hydrogen-bond acceptors (Lipinski definition) is 2. The van der Waals surface area contributed by atoms with Gasteiger partial charge in [0.05, 0.1) is 0 Å². The zero-order chi connectivity index (χ0) is 11.2. The molecule has 0 amide bonds. The summed E-state index contributed by atoms with van der Waals surface area (Å²) in [4.78, 5) is 0. The fourth-order valence-corrected chi connectivity index (χ4v) is 3.72. The lowest BCUT2D eigenvalue weighted by molar-refractivity contribution is 0.213. The van der Waals surface area contributed by atoms with Crippen molar-refractivity contribution >= 4 is 0 Å². The number of hydrogen-bond donors (Lipinski definition) is 2. The van der Waals surface area contributed by atoms with Crippen LogP contribution < -0.4 is 11.3 Å². The molecule has 2 aliphatic rings. The molecule has 0 bridgehead atoms. The Labute approximate surface area is 100 Å². The molecule has 0 aromatic heterocycles. The first-order valence-electron chi connectivity index (χ1n) is 7.36. The van der Waals surface area contributed by atoms with Crippen LogP contribution in [0.3, 0.4) is 0 Å². The minimum atomic E-state index is 0.600.